The van der Waals surface area contributed by atoms with Crippen molar-refractivity contribution in [1.29, 1.82) is 0 Å². The van der Waals surface area contributed by atoms with Gasteiger partial charge in [0.2, 0.25) is 0 Å². The van der Waals surface area contributed by atoms with E-state index in [-0.39, 0.29) is 5.91 Å². The number of carbonyl (C=O) groups is 1. The van der Waals surface area contributed by atoms with Crippen LogP contribution in [0.5, 0.6) is 0 Å². The van der Waals surface area contributed by atoms with Gasteiger partial charge in [0, 0.05) is 36.1 Å². The van der Waals surface area contributed by atoms with Gasteiger partial charge in [-0.3, -0.25) is 4.79 Å². The molecule has 7 heteroatoms. The molecule has 0 aliphatic carbocycles. The Morgan fingerprint density at radius 2 is 1.85 bits per heavy atom. The lowest BCUT2D eigenvalue weighted by atomic mass is 10.2. The predicted octanol–water partition coefficient (Wildman–Crippen LogP) is 3.12. The fourth-order valence-electron chi connectivity index (χ4n) is 2.52. The number of fused-ring (bicyclic) bond motifs is 1. The first-order valence-corrected chi connectivity index (χ1v) is 9.03. The third kappa shape index (κ3) is 3.57. The van der Waals surface area contributed by atoms with Crippen molar-refractivity contribution in [1.82, 2.24) is 25.3 Å². The zero-order chi connectivity index (χ0) is 17.8. The van der Waals surface area contributed by atoms with Crippen LogP contribution in [-0.2, 0) is 6.42 Å². The van der Waals surface area contributed by atoms with Crippen LogP contribution in [0.4, 0.5) is 0 Å². The molecule has 0 spiro atoms. The summed E-state index contributed by atoms with van der Waals surface area (Å²) in [5.74, 6) is 0.436. The number of aromatic nitrogens is 4. The number of amides is 1. The lowest BCUT2D eigenvalue weighted by molar-refractivity contribution is 0.0949. The van der Waals surface area contributed by atoms with E-state index in [1.54, 1.807) is 24.5 Å². The van der Waals surface area contributed by atoms with Crippen LogP contribution in [0.3, 0.4) is 0 Å². The van der Waals surface area contributed by atoms with E-state index in [1.807, 2.05) is 35.7 Å². The highest BCUT2D eigenvalue weighted by molar-refractivity contribution is 7.13. The number of pyridine rings is 1. The molecule has 0 radical (unpaired) electrons. The van der Waals surface area contributed by atoms with Crippen molar-refractivity contribution < 1.29 is 4.79 Å². The summed E-state index contributed by atoms with van der Waals surface area (Å²) < 4.78 is 0. The SMILES string of the molecule is O=C(NCCc1csc(-c2ncccn2)n1)c1ccc2ccccc2n1. The van der Waals surface area contributed by atoms with E-state index in [9.17, 15) is 4.79 Å². The average Bonchev–Trinajstić information content (AvgIpc) is 3.17. The summed E-state index contributed by atoms with van der Waals surface area (Å²) in [5.41, 5.74) is 2.14. The quantitative estimate of drug-likeness (QED) is 0.591. The van der Waals surface area contributed by atoms with Gasteiger partial charge in [-0.2, -0.15) is 0 Å². The van der Waals surface area contributed by atoms with Crippen LogP contribution < -0.4 is 5.32 Å². The van der Waals surface area contributed by atoms with Crippen LogP contribution in [0.15, 0.2) is 60.2 Å². The molecule has 3 heterocycles. The van der Waals surface area contributed by atoms with E-state index >= 15 is 0 Å². The molecule has 1 amide bonds. The van der Waals surface area contributed by atoms with Gasteiger partial charge >= 0.3 is 0 Å². The van der Waals surface area contributed by atoms with E-state index in [0.717, 1.165) is 21.6 Å². The summed E-state index contributed by atoms with van der Waals surface area (Å²) in [4.78, 5) is 29.6. The summed E-state index contributed by atoms with van der Waals surface area (Å²) in [6.07, 6.45) is 4.03. The Kier molecular flexibility index (Phi) is 4.61. The molecule has 0 saturated heterocycles. The lowest BCUT2D eigenvalue weighted by Gasteiger charge is -2.04. The monoisotopic (exact) mass is 361 g/mol. The summed E-state index contributed by atoms with van der Waals surface area (Å²) in [6, 6.07) is 13.2. The van der Waals surface area contributed by atoms with Crippen LogP contribution >= 0.6 is 11.3 Å². The standard InChI is InChI=1S/C19H15N5OS/c25-18(16-7-6-13-4-1-2-5-15(13)24-16)22-11-8-14-12-26-19(23-14)17-20-9-3-10-21-17/h1-7,9-10,12H,8,11H2,(H,22,25). The zero-order valence-corrected chi connectivity index (χ0v) is 14.6. The summed E-state index contributed by atoms with van der Waals surface area (Å²) >= 11 is 1.50. The molecule has 4 rings (SSSR count). The Morgan fingerprint density at radius 3 is 2.73 bits per heavy atom. The molecule has 26 heavy (non-hydrogen) atoms. The molecule has 128 valence electrons. The molecule has 0 unspecified atom stereocenters. The first kappa shape index (κ1) is 16.3. The molecular weight excluding hydrogens is 346 g/mol. The number of thiazole rings is 1. The first-order valence-electron chi connectivity index (χ1n) is 8.15. The van der Waals surface area contributed by atoms with Gasteiger partial charge in [-0.25, -0.2) is 19.9 Å². The summed E-state index contributed by atoms with van der Waals surface area (Å²) in [6.45, 7) is 0.492. The van der Waals surface area contributed by atoms with Crippen molar-refractivity contribution in [2.45, 2.75) is 6.42 Å². The molecule has 6 nitrogen and oxygen atoms in total. The van der Waals surface area contributed by atoms with Crippen molar-refractivity contribution in [2.75, 3.05) is 6.54 Å². The summed E-state index contributed by atoms with van der Waals surface area (Å²) in [7, 11) is 0. The largest absolute Gasteiger partial charge is 0.350 e. The maximum atomic E-state index is 12.3. The topological polar surface area (TPSA) is 80.7 Å². The molecule has 0 bridgehead atoms. The number of hydrogen-bond donors (Lipinski definition) is 1. The summed E-state index contributed by atoms with van der Waals surface area (Å²) in [5, 5.41) is 6.65. The molecule has 4 aromatic rings. The molecule has 1 N–H and O–H groups in total. The van der Waals surface area contributed by atoms with Gasteiger partial charge in [0.05, 0.1) is 11.2 Å². The van der Waals surface area contributed by atoms with Gasteiger partial charge in [0.15, 0.2) is 10.8 Å². The molecular formula is C19H15N5OS. The number of rotatable bonds is 5. The Morgan fingerprint density at radius 1 is 1.00 bits per heavy atom. The minimum atomic E-state index is -0.183. The number of nitrogens with one attached hydrogen (secondary N) is 1. The maximum Gasteiger partial charge on any atom is 0.269 e. The Labute approximate surface area is 154 Å². The van der Waals surface area contributed by atoms with E-state index in [0.29, 0.717) is 24.5 Å². The molecule has 0 atom stereocenters. The third-order valence-corrected chi connectivity index (χ3v) is 4.69. The highest BCUT2D eigenvalue weighted by Gasteiger charge is 2.10. The number of benzene rings is 1. The van der Waals surface area contributed by atoms with Crippen molar-refractivity contribution >= 4 is 28.1 Å². The van der Waals surface area contributed by atoms with Gasteiger partial charge < -0.3 is 5.32 Å². The van der Waals surface area contributed by atoms with Crippen molar-refractivity contribution in [3.63, 3.8) is 0 Å². The van der Waals surface area contributed by atoms with Crippen molar-refractivity contribution in [3.8, 4) is 10.8 Å². The van der Waals surface area contributed by atoms with Gasteiger partial charge in [-0.15, -0.1) is 11.3 Å². The van der Waals surface area contributed by atoms with Gasteiger partial charge in [-0.05, 0) is 18.2 Å². The second-order valence-electron chi connectivity index (χ2n) is 5.61. The second kappa shape index (κ2) is 7.37. The van der Waals surface area contributed by atoms with E-state index in [4.69, 9.17) is 0 Å². The van der Waals surface area contributed by atoms with E-state index in [1.165, 1.54) is 11.3 Å². The number of carbonyl (C=O) groups excluding carboxylic acids is 1. The maximum absolute atomic E-state index is 12.3. The van der Waals surface area contributed by atoms with Crippen LogP contribution in [0.25, 0.3) is 21.7 Å². The smallest absolute Gasteiger partial charge is 0.269 e. The first-order chi connectivity index (χ1) is 12.8. The number of hydrogen-bond acceptors (Lipinski definition) is 6. The minimum Gasteiger partial charge on any atom is -0.350 e. The minimum absolute atomic E-state index is 0.183. The lowest BCUT2D eigenvalue weighted by Crippen LogP contribution is -2.26. The van der Waals surface area contributed by atoms with E-state index < -0.39 is 0 Å². The van der Waals surface area contributed by atoms with Gasteiger partial charge in [-0.1, -0.05) is 24.3 Å². The van der Waals surface area contributed by atoms with E-state index in [2.05, 4.69) is 25.3 Å². The molecule has 0 aliphatic heterocycles. The fourth-order valence-corrected chi connectivity index (χ4v) is 3.32. The highest BCUT2D eigenvalue weighted by atomic mass is 32.1. The third-order valence-electron chi connectivity index (χ3n) is 3.81. The van der Waals surface area contributed by atoms with Gasteiger partial charge in [0.25, 0.3) is 5.91 Å². The number of para-hydroxylation sites is 1. The molecule has 3 aromatic heterocycles. The van der Waals surface area contributed by atoms with Crippen LogP contribution in [0.2, 0.25) is 0 Å². The molecule has 0 fully saturated rings. The van der Waals surface area contributed by atoms with Crippen molar-refractivity contribution in [2.24, 2.45) is 0 Å². The normalized spacial score (nSPS) is 10.8. The second-order valence-corrected chi connectivity index (χ2v) is 6.47. The van der Waals surface area contributed by atoms with Crippen LogP contribution in [0.1, 0.15) is 16.2 Å². The average molecular weight is 361 g/mol. The van der Waals surface area contributed by atoms with Crippen LogP contribution in [0, 0.1) is 0 Å². The Hall–Kier alpha value is -3.19. The molecule has 1 aromatic carbocycles. The zero-order valence-electron chi connectivity index (χ0n) is 13.8. The van der Waals surface area contributed by atoms with Crippen LogP contribution in [-0.4, -0.2) is 32.4 Å². The fraction of sp³-hybridized carbons (Fsp3) is 0.105. The van der Waals surface area contributed by atoms with Gasteiger partial charge in [0.1, 0.15) is 5.69 Å². The Bertz CT molecular complexity index is 1050. The van der Waals surface area contributed by atoms with Crippen molar-refractivity contribution in [3.05, 3.63) is 71.6 Å². The highest BCUT2D eigenvalue weighted by Crippen LogP contribution is 2.19. The number of nitrogens with zero attached hydrogens (tertiary/aromatic N) is 4. The molecule has 0 aliphatic rings. The molecule has 0 saturated carbocycles. The Balaban J connectivity index is 1.37. The predicted molar refractivity (Wildman–Crippen MR) is 101 cm³/mol.